The minimum Gasteiger partial charge on any atom is -0.454 e. The molecule has 10 rings (SSSR count). The van der Waals surface area contributed by atoms with Gasteiger partial charge in [0.1, 0.15) is 16.8 Å². The molecule has 0 radical (unpaired) electrons. The lowest BCUT2D eigenvalue weighted by Crippen LogP contribution is -2.12. The molecule has 2 aromatic heterocycles. The van der Waals surface area contributed by atoms with E-state index in [-0.39, 0.29) is 0 Å². The molecule has 8 aromatic carbocycles. The van der Waals surface area contributed by atoms with E-state index < -0.39 is 0 Å². The topological polar surface area (TPSA) is 42.4 Å². The molecule has 240 valence electrons. The number of nitrogens with zero attached hydrogens (tertiary/aromatic N) is 2. The lowest BCUT2D eigenvalue weighted by Gasteiger charge is -2.28. The minimum atomic E-state index is 0.561. The van der Waals surface area contributed by atoms with E-state index in [1.165, 1.54) is 16.3 Å². The number of hydrogen-bond acceptors (Lipinski definition) is 4. The van der Waals surface area contributed by atoms with Crippen LogP contribution in [0.5, 0.6) is 0 Å². The summed E-state index contributed by atoms with van der Waals surface area (Å²) < 4.78 is 13.4. The minimum absolute atomic E-state index is 0.561. The molecule has 0 aliphatic carbocycles. The highest BCUT2D eigenvalue weighted by molar-refractivity contribution is 6.18. The molecule has 0 aliphatic rings. The van der Waals surface area contributed by atoms with Gasteiger partial charge in [0.05, 0.1) is 5.69 Å². The van der Waals surface area contributed by atoms with Crippen molar-refractivity contribution >= 4 is 60.9 Å². The third-order valence-corrected chi connectivity index (χ3v) is 9.70. The van der Waals surface area contributed by atoms with E-state index in [1.54, 1.807) is 0 Å². The summed E-state index contributed by atoms with van der Waals surface area (Å²) in [7, 11) is 0. The second-order valence-electron chi connectivity index (χ2n) is 12.7. The zero-order valence-corrected chi connectivity index (χ0v) is 27.5. The first-order valence-electron chi connectivity index (χ1n) is 17.1. The molecule has 51 heavy (non-hydrogen) atoms. The van der Waals surface area contributed by atoms with Crippen molar-refractivity contribution in [3.05, 3.63) is 182 Å². The maximum atomic E-state index is 6.79. The fourth-order valence-corrected chi connectivity index (χ4v) is 7.32. The van der Waals surface area contributed by atoms with Crippen molar-refractivity contribution in [1.29, 1.82) is 0 Å². The molecule has 2 heterocycles. The molecule has 0 amide bonds. The lowest BCUT2D eigenvalue weighted by molar-refractivity contribution is 0.620. The summed E-state index contributed by atoms with van der Waals surface area (Å²) in [6.07, 6.45) is 0. The van der Waals surface area contributed by atoms with Crippen molar-refractivity contribution in [3.8, 4) is 33.7 Å². The van der Waals surface area contributed by atoms with Gasteiger partial charge in [-0.1, -0.05) is 140 Å². The highest BCUT2D eigenvalue weighted by atomic mass is 16.4. The van der Waals surface area contributed by atoms with Gasteiger partial charge < -0.3 is 13.7 Å². The summed E-state index contributed by atoms with van der Waals surface area (Å²) >= 11 is 0. The monoisotopic (exact) mass is 654 g/mol. The zero-order valence-electron chi connectivity index (χ0n) is 27.5. The first-order valence-corrected chi connectivity index (χ1v) is 17.1. The van der Waals surface area contributed by atoms with E-state index in [1.807, 2.05) is 48.5 Å². The molecule has 0 fully saturated rings. The van der Waals surface area contributed by atoms with Crippen LogP contribution >= 0.6 is 0 Å². The number of hydrogen-bond donors (Lipinski definition) is 0. The van der Waals surface area contributed by atoms with Gasteiger partial charge in [-0.15, -0.1) is 0 Å². The molecule has 0 aliphatic heterocycles. The smallest absolute Gasteiger partial charge is 0.227 e. The number of benzene rings is 8. The van der Waals surface area contributed by atoms with Crippen LogP contribution < -0.4 is 4.90 Å². The van der Waals surface area contributed by atoms with Crippen LogP contribution in [0.1, 0.15) is 0 Å². The van der Waals surface area contributed by atoms with Crippen molar-refractivity contribution in [2.45, 2.75) is 0 Å². The first kappa shape index (κ1) is 29.0. The Morgan fingerprint density at radius 3 is 1.88 bits per heavy atom. The Hall–Kier alpha value is -6.91. The average molecular weight is 655 g/mol. The normalized spacial score (nSPS) is 11.5. The van der Waals surface area contributed by atoms with E-state index in [0.29, 0.717) is 11.5 Å². The van der Waals surface area contributed by atoms with Crippen LogP contribution in [-0.4, -0.2) is 4.98 Å². The van der Waals surface area contributed by atoms with Crippen LogP contribution in [0.3, 0.4) is 0 Å². The van der Waals surface area contributed by atoms with Crippen molar-refractivity contribution in [2.24, 2.45) is 0 Å². The second-order valence-corrected chi connectivity index (χ2v) is 12.7. The molecule has 10 aromatic rings. The summed E-state index contributed by atoms with van der Waals surface area (Å²) in [5, 5.41) is 4.44. The second kappa shape index (κ2) is 11.9. The van der Waals surface area contributed by atoms with Crippen LogP contribution in [-0.2, 0) is 0 Å². The molecule has 4 nitrogen and oxygen atoms in total. The van der Waals surface area contributed by atoms with Crippen molar-refractivity contribution in [3.63, 3.8) is 0 Å². The zero-order chi connectivity index (χ0) is 33.7. The van der Waals surface area contributed by atoms with Crippen LogP contribution in [0.15, 0.2) is 191 Å². The Morgan fingerprint density at radius 1 is 0.431 bits per heavy atom. The van der Waals surface area contributed by atoms with E-state index in [4.69, 9.17) is 13.8 Å². The quantitative estimate of drug-likeness (QED) is 0.179. The van der Waals surface area contributed by atoms with Gasteiger partial charge >= 0.3 is 0 Å². The number of rotatable bonds is 6. The fraction of sp³-hybridized carbons (Fsp3) is 0. The van der Waals surface area contributed by atoms with Crippen molar-refractivity contribution in [2.75, 3.05) is 4.90 Å². The Morgan fingerprint density at radius 2 is 1.06 bits per heavy atom. The fourth-order valence-electron chi connectivity index (χ4n) is 7.32. The van der Waals surface area contributed by atoms with E-state index in [2.05, 4.69) is 138 Å². The number of fused-ring (bicyclic) bond motifs is 5. The summed E-state index contributed by atoms with van der Waals surface area (Å²) in [5.41, 5.74) is 11.2. The van der Waals surface area contributed by atoms with Gasteiger partial charge in [-0.3, -0.25) is 0 Å². The van der Waals surface area contributed by atoms with Gasteiger partial charge in [0.2, 0.25) is 5.89 Å². The van der Waals surface area contributed by atoms with Crippen LogP contribution in [0.4, 0.5) is 17.1 Å². The molecule has 0 N–H and O–H groups in total. The largest absolute Gasteiger partial charge is 0.454 e. The van der Waals surface area contributed by atoms with Gasteiger partial charge in [-0.05, 0) is 69.9 Å². The third-order valence-electron chi connectivity index (χ3n) is 9.70. The van der Waals surface area contributed by atoms with Crippen LogP contribution in [0.2, 0.25) is 0 Å². The number of aromatic nitrogens is 1. The average Bonchev–Trinajstić information content (AvgIpc) is 3.80. The maximum Gasteiger partial charge on any atom is 0.227 e. The van der Waals surface area contributed by atoms with E-state index >= 15 is 0 Å². The van der Waals surface area contributed by atoms with Gasteiger partial charge in [-0.25, -0.2) is 4.98 Å². The van der Waals surface area contributed by atoms with E-state index in [9.17, 15) is 0 Å². The predicted octanol–water partition coefficient (Wildman–Crippen LogP) is 13.4. The van der Waals surface area contributed by atoms with Crippen LogP contribution in [0, 0.1) is 0 Å². The van der Waals surface area contributed by atoms with Crippen molar-refractivity contribution in [1.82, 2.24) is 4.98 Å². The molecule has 0 atom stereocenters. The molecule has 0 spiro atoms. The molecule has 0 bridgehead atoms. The van der Waals surface area contributed by atoms with Crippen molar-refractivity contribution < 1.29 is 8.83 Å². The molecule has 4 heteroatoms. The number of furan rings is 1. The number of para-hydroxylation sites is 2. The SMILES string of the molecule is c1ccc(-c2nc3c(N(c4ccc(-c5cccc6ccccc56)cc4)c4ccccc4-c4ccccc4)c4oc5ccccc5c4cc3o2)cc1. The maximum absolute atomic E-state index is 6.79. The molecule has 0 saturated carbocycles. The predicted molar refractivity (Wildman–Crippen MR) is 210 cm³/mol. The Bertz CT molecular complexity index is 2850. The summed E-state index contributed by atoms with van der Waals surface area (Å²) in [6.45, 7) is 0. The lowest BCUT2D eigenvalue weighted by atomic mass is 9.97. The first-order chi connectivity index (χ1) is 25.3. The number of anilines is 3. The van der Waals surface area contributed by atoms with Crippen LogP contribution in [0.25, 0.3) is 77.5 Å². The molecule has 0 unspecified atom stereocenters. The molecular formula is C47H30N2O2. The number of oxazole rings is 1. The molecule has 0 saturated heterocycles. The van der Waals surface area contributed by atoms with Gasteiger partial charge in [0, 0.05) is 27.6 Å². The van der Waals surface area contributed by atoms with Gasteiger partial charge in [0.15, 0.2) is 11.2 Å². The Kier molecular flexibility index (Phi) is 6.78. The summed E-state index contributed by atoms with van der Waals surface area (Å²) in [4.78, 5) is 7.50. The molecular weight excluding hydrogens is 625 g/mol. The van der Waals surface area contributed by atoms with Gasteiger partial charge in [-0.2, -0.15) is 0 Å². The highest BCUT2D eigenvalue weighted by Gasteiger charge is 2.27. The Labute approximate surface area is 294 Å². The summed E-state index contributed by atoms with van der Waals surface area (Å²) in [5.74, 6) is 0.561. The Balaban J connectivity index is 1.27. The third kappa shape index (κ3) is 4.88. The summed E-state index contributed by atoms with van der Waals surface area (Å²) in [6, 6.07) is 63.2. The van der Waals surface area contributed by atoms with E-state index in [0.717, 1.165) is 66.8 Å². The highest BCUT2D eigenvalue weighted by Crippen LogP contribution is 2.49. The van der Waals surface area contributed by atoms with Gasteiger partial charge in [0.25, 0.3) is 0 Å². The standard InChI is InChI=1S/C47H30N2O2/c1-3-14-32(15-4-1)38-21-9-11-24-41(38)49(35-28-26-33(27-29-35)37-23-13-19-31-16-7-8-20-36(31)37)45-44-43(51-47(48-44)34-17-5-2-6-18-34)30-40-39-22-10-12-25-42(39)50-46(40)45/h1-30H.